The number of hydrogen-bond donors (Lipinski definition) is 2. The van der Waals surface area contributed by atoms with Gasteiger partial charge in [-0.15, -0.1) is 0 Å². The summed E-state index contributed by atoms with van der Waals surface area (Å²) < 4.78 is 0. The van der Waals surface area contributed by atoms with Crippen LogP contribution in [0.4, 0.5) is 5.69 Å². The van der Waals surface area contributed by atoms with Crippen LogP contribution in [0.1, 0.15) is 16.7 Å². The van der Waals surface area contributed by atoms with Crippen molar-refractivity contribution in [2.45, 2.75) is 20.3 Å². The van der Waals surface area contributed by atoms with Crippen LogP contribution in [0.2, 0.25) is 0 Å². The third-order valence-electron chi connectivity index (χ3n) is 2.85. The summed E-state index contributed by atoms with van der Waals surface area (Å²) in [6.45, 7) is 3.87. The number of hydrogen-bond acceptors (Lipinski definition) is 2. The first kappa shape index (κ1) is 10.7. The van der Waals surface area contributed by atoms with Gasteiger partial charge in [-0.05, 0) is 31.4 Å². The summed E-state index contributed by atoms with van der Waals surface area (Å²) >= 11 is 0. The van der Waals surface area contributed by atoms with Gasteiger partial charge in [0, 0.05) is 5.69 Å². The lowest BCUT2D eigenvalue weighted by molar-refractivity contribution is -0.145. The van der Waals surface area contributed by atoms with Crippen LogP contribution in [0.15, 0.2) is 12.1 Å². The zero-order valence-electron chi connectivity index (χ0n) is 9.20. The van der Waals surface area contributed by atoms with Gasteiger partial charge < -0.3 is 10.4 Å². The van der Waals surface area contributed by atoms with Crippen LogP contribution in [-0.4, -0.2) is 17.0 Å². The van der Waals surface area contributed by atoms with Crippen LogP contribution in [0.3, 0.4) is 0 Å². The number of aryl methyl sites for hydroxylation is 2. The standard InChI is InChI=1S/C12H13NO3/c1-6-3-7(2)10-8(4-6)5-9(12(15)16)11(14)13-10/h3-4,9H,5H2,1-2H3,(H,13,14)(H,15,16). The number of carboxylic acid groups (broad SMARTS) is 1. The minimum Gasteiger partial charge on any atom is -0.481 e. The Kier molecular flexibility index (Phi) is 2.42. The molecule has 2 rings (SSSR count). The molecule has 2 N–H and O–H groups in total. The van der Waals surface area contributed by atoms with Gasteiger partial charge in [0.25, 0.3) is 0 Å². The Morgan fingerprint density at radius 1 is 1.44 bits per heavy atom. The number of carbonyl (C=O) groups is 2. The van der Waals surface area contributed by atoms with Crippen LogP contribution < -0.4 is 5.32 Å². The molecule has 1 amide bonds. The molecule has 84 valence electrons. The molecule has 0 aromatic heterocycles. The van der Waals surface area contributed by atoms with Crippen molar-refractivity contribution in [2.24, 2.45) is 5.92 Å². The fourth-order valence-corrected chi connectivity index (χ4v) is 2.12. The van der Waals surface area contributed by atoms with E-state index in [1.165, 1.54) is 0 Å². The first-order valence-corrected chi connectivity index (χ1v) is 5.13. The average Bonchev–Trinajstić information content (AvgIpc) is 2.18. The second-order valence-corrected chi connectivity index (χ2v) is 4.20. The average molecular weight is 219 g/mol. The molecular weight excluding hydrogens is 206 g/mol. The minimum absolute atomic E-state index is 0.277. The van der Waals surface area contributed by atoms with Crippen molar-refractivity contribution in [1.29, 1.82) is 0 Å². The first-order valence-electron chi connectivity index (χ1n) is 5.13. The maximum Gasteiger partial charge on any atom is 0.316 e. The largest absolute Gasteiger partial charge is 0.481 e. The summed E-state index contributed by atoms with van der Waals surface area (Å²) in [6, 6.07) is 3.90. The molecule has 1 unspecified atom stereocenters. The maximum atomic E-state index is 11.5. The molecule has 4 nitrogen and oxygen atoms in total. The predicted molar refractivity (Wildman–Crippen MR) is 59.4 cm³/mol. The maximum absolute atomic E-state index is 11.5. The second kappa shape index (κ2) is 3.63. The van der Waals surface area contributed by atoms with Crippen molar-refractivity contribution >= 4 is 17.6 Å². The molecule has 0 spiro atoms. The Labute approximate surface area is 93.3 Å². The molecule has 1 aliphatic rings. The monoisotopic (exact) mass is 219 g/mol. The Morgan fingerprint density at radius 2 is 2.12 bits per heavy atom. The van der Waals surface area contributed by atoms with Gasteiger partial charge in [0.2, 0.25) is 5.91 Å². The fourth-order valence-electron chi connectivity index (χ4n) is 2.12. The van der Waals surface area contributed by atoms with E-state index in [0.717, 1.165) is 22.4 Å². The Hall–Kier alpha value is -1.84. The van der Waals surface area contributed by atoms with Crippen LogP contribution in [0.25, 0.3) is 0 Å². The van der Waals surface area contributed by atoms with Gasteiger partial charge in [0.15, 0.2) is 0 Å². The number of carboxylic acids is 1. The van der Waals surface area contributed by atoms with Crippen molar-refractivity contribution in [3.05, 3.63) is 28.8 Å². The summed E-state index contributed by atoms with van der Waals surface area (Å²) in [4.78, 5) is 22.4. The molecule has 1 aromatic rings. The van der Waals surface area contributed by atoms with E-state index in [0.29, 0.717) is 0 Å². The molecule has 0 saturated carbocycles. The predicted octanol–water partition coefficient (Wildman–Crippen LogP) is 1.50. The van der Waals surface area contributed by atoms with Gasteiger partial charge >= 0.3 is 5.97 Å². The van der Waals surface area contributed by atoms with Crippen LogP contribution >= 0.6 is 0 Å². The Morgan fingerprint density at radius 3 is 2.75 bits per heavy atom. The molecule has 1 aliphatic heterocycles. The molecule has 16 heavy (non-hydrogen) atoms. The van der Waals surface area contributed by atoms with Crippen molar-refractivity contribution < 1.29 is 14.7 Å². The number of anilines is 1. The molecule has 1 atom stereocenters. The van der Waals surface area contributed by atoms with Crippen LogP contribution in [-0.2, 0) is 16.0 Å². The topological polar surface area (TPSA) is 66.4 Å². The molecule has 1 aromatic carbocycles. The highest BCUT2D eigenvalue weighted by Crippen LogP contribution is 2.29. The Balaban J connectivity index is 2.47. The Bertz CT molecular complexity index is 479. The molecule has 0 aliphatic carbocycles. The SMILES string of the molecule is Cc1cc(C)c2c(c1)CC(C(=O)O)C(=O)N2. The summed E-state index contributed by atoms with van der Waals surface area (Å²) in [5.41, 5.74) is 3.74. The van der Waals surface area contributed by atoms with Crippen LogP contribution in [0, 0.1) is 19.8 Å². The summed E-state index contributed by atoms with van der Waals surface area (Å²) in [5, 5.41) is 11.6. The van der Waals surface area contributed by atoms with Gasteiger partial charge in [-0.1, -0.05) is 17.7 Å². The molecule has 4 heteroatoms. The number of aliphatic carboxylic acids is 1. The van der Waals surface area contributed by atoms with E-state index in [-0.39, 0.29) is 6.42 Å². The molecule has 0 radical (unpaired) electrons. The van der Waals surface area contributed by atoms with E-state index in [2.05, 4.69) is 5.32 Å². The van der Waals surface area contributed by atoms with E-state index in [1.807, 2.05) is 26.0 Å². The number of fused-ring (bicyclic) bond motifs is 1. The molecule has 0 saturated heterocycles. The smallest absolute Gasteiger partial charge is 0.316 e. The molecule has 0 fully saturated rings. The van der Waals surface area contributed by atoms with Crippen molar-refractivity contribution in [3.8, 4) is 0 Å². The zero-order chi connectivity index (χ0) is 11.9. The van der Waals surface area contributed by atoms with E-state index in [4.69, 9.17) is 5.11 Å². The van der Waals surface area contributed by atoms with Gasteiger partial charge in [-0.2, -0.15) is 0 Å². The number of benzene rings is 1. The lowest BCUT2D eigenvalue weighted by atomic mass is 9.90. The highest BCUT2D eigenvalue weighted by atomic mass is 16.4. The van der Waals surface area contributed by atoms with Crippen molar-refractivity contribution in [3.63, 3.8) is 0 Å². The van der Waals surface area contributed by atoms with Gasteiger partial charge in [0.05, 0.1) is 0 Å². The lowest BCUT2D eigenvalue weighted by Gasteiger charge is -2.24. The van der Waals surface area contributed by atoms with Crippen LogP contribution in [0.5, 0.6) is 0 Å². The third-order valence-corrected chi connectivity index (χ3v) is 2.85. The highest BCUT2D eigenvalue weighted by Gasteiger charge is 2.32. The lowest BCUT2D eigenvalue weighted by Crippen LogP contribution is -2.35. The zero-order valence-corrected chi connectivity index (χ0v) is 9.20. The highest BCUT2D eigenvalue weighted by molar-refractivity contribution is 6.07. The quantitative estimate of drug-likeness (QED) is 0.703. The van der Waals surface area contributed by atoms with Gasteiger partial charge in [-0.3, -0.25) is 9.59 Å². The molecule has 0 bridgehead atoms. The van der Waals surface area contributed by atoms with Gasteiger partial charge in [-0.25, -0.2) is 0 Å². The van der Waals surface area contributed by atoms with E-state index >= 15 is 0 Å². The van der Waals surface area contributed by atoms with Gasteiger partial charge in [0.1, 0.15) is 5.92 Å². The number of rotatable bonds is 1. The first-order chi connectivity index (χ1) is 7.49. The van der Waals surface area contributed by atoms with E-state index in [1.54, 1.807) is 0 Å². The van der Waals surface area contributed by atoms with E-state index in [9.17, 15) is 9.59 Å². The molecule has 1 heterocycles. The number of carbonyl (C=O) groups excluding carboxylic acids is 1. The number of nitrogens with one attached hydrogen (secondary N) is 1. The summed E-state index contributed by atoms with van der Waals surface area (Å²) in [6.07, 6.45) is 0.277. The summed E-state index contributed by atoms with van der Waals surface area (Å²) in [5.74, 6) is -2.46. The van der Waals surface area contributed by atoms with Crippen molar-refractivity contribution in [1.82, 2.24) is 0 Å². The minimum atomic E-state index is -1.07. The number of amides is 1. The third kappa shape index (κ3) is 1.66. The van der Waals surface area contributed by atoms with E-state index < -0.39 is 17.8 Å². The normalized spacial score (nSPS) is 18.9. The second-order valence-electron chi connectivity index (χ2n) is 4.20. The van der Waals surface area contributed by atoms with Crippen molar-refractivity contribution in [2.75, 3.05) is 5.32 Å². The summed E-state index contributed by atoms with van der Waals surface area (Å²) in [7, 11) is 0. The molecular formula is C12H13NO3. The fraction of sp³-hybridized carbons (Fsp3) is 0.333.